The summed E-state index contributed by atoms with van der Waals surface area (Å²) in [6, 6.07) is 5.72. The number of anilines is 1. The molecule has 3 aromatic rings. The van der Waals surface area contributed by atoms with Crippen LogP contribution in [0.1, 0.15) is 16.2 Å². The molecule has 1 amide bonds. The van der Waals surface area contributed by atoms with Crippen LogP contribution in [0.15, 0.2) is 24.4 Å². The number of piperazine rings is 1. The van der Waals surface area contributed by atoms with Crippen molar-refractivity contribution in [1.29, 1.82) is 0 Å². The Labute approximate surface area is 143 Å². The Morgan fingerprint density at radius 2 is 2.04 bits per heavy atom. The molecule has 0 spiro atoms. The van der Waals surface area contributed by atoms with Crippen LogP contribution in [0.4, 0.5) is 5.13 Å². The third kappa shape index (κ3) is 2.62. The summed E-state index contributed by atoms with van der Waals surface area (Å²) in [4.78, 5) is 26.7. The number of aryl methyl sites for hydroxylation is 2. The van der Waals surface area contributed by atoms with Gasteiger partial charge in [-0.15, -0.1) is 0 Å². The second kappa shape index (κ2) is 5.86. The van der Waals surface area contributed by atoms with Gasteiger partial charge < -0.3 is 9.80 Å². The molecule has 124 valence electrons. The van der Waals surface area contributed by atoms with Gasteiger partial charge in [0.25, 0.3) is 5.91 Å². The highest BCUT2D eigenvalue weighted by molar-refractivity contribution is 7.21. The van der Waals surface area contributed by atoms with Gasteiger partial charge in [-0.25, -0.2) is 9.97 Å². The zero-order valence-corrected chi connectivity index (χ0v) is 14.5. The number of nitrogens with zero attached hydrogens (tertiary/aromatic N) is 6. The molecule has 0 aliphatic carbocycles. The summed E-state index contributed by atoms with van der Waals surface area (Å²) in [6.45, 7) is 4.83. The summed E-state index contributed by atoms with van der Waals surface area (Å²) in [5, 5.41) is 5.24. The Hall–Kier alpha value is -2.48. The van der Waals surface area contributed by atoms with Crippen molar-refractivity contribution >= 4 is 32.7 Å². The first kappa shape index (κ1) is 15.1. The molecule has 3 aromatic heterocycles. The summed E-state index contributed by atoms with van der Waals surface area (Å²) < 4.78 is 1.66. The maximum Gasteiger partial charge on any atom is 0.272 e. The van der Waals surface area contributed by atoms with Crippen molar-refractivity contribution in [3.05, 3.63) is 35.8 Å². The predicted molar refractivity (Wildman–Crippen MR) is 93.5 cm³/mol. The number of carbonyl (C=O) groups excluding carboxylic acids is 1. The number of hydrogen-bond donors (Lipinski definition) is 0. The van der Waals surface area contributed by atoms with Crippen LogP contribution in [-0.4, -0.2) is 56.7 Å². The highest BCUT2D eigenvalue weighted by Gasteiger charge is 2.25. The Bertz CT molecular complexity index is 860. The zero-order valence-electron chi connectivity index (χ0n) is 13.6. The molecule has 7 nitrogen and oxygen atoms in total. The average Bonchev–Trinajstić information content (AvgIpc) is 3.17. The first-order valence-electron chi connectivity index (χ1n) is 7.88. The molecule has 0 saturated carbocycles. The molecule has 0 unspecified atom stereocenters. The molecule has 0 atom stereocenters. The number of rotatable bonds is 2. The minimum atomic E-state index is 0.0451. The van der Waals surface area contributed by atoms with E-state index in [0.29, 0.717) is 18.8 Å². The van der Waals surface area contributed by atoms with E-state index in [1.165, 1.54) is 0 Å². The van der Waals surface area contributed by atoms with Gasteiger partial charge in [-0.2, -0.15) is 5.10 Å². The second-order valence-electron chi connectivity index (χ2n) is 5.90. The highest BCUT2D eigenvalue weighted by Crippen LogP contribution is 2.27. The second-order valence-corrected chi connectivity index (χ2v) is 6.85. The maximum absolute atomic E-state index is 12.6. The molecule has 24 heavy (non-hydrogen) atoms. The Balaban J connectivity index is 1.46. The molecule has 0 N–H and O–H groups in total. The minimum absolute atomic E-state index is 0.0451. The van der Waals surface area contributed by atoms with Gasteiger partial charge in [-0.3, -0.25) is 9.48 Å². The Morgan fingerprint density at radius 3 is 2.71 bits per heavy atom. The molecule has 0 radical (unpaired) electrons. The Kier molecular flexibility index (Phi) is 3.68. The maximum atomic E-state index is 12.6. The lowest BCUT2D eigenvalue weighted by atomic mass is 10.2. The number of amides is 1. The topological polar surface area (TPSA) is 67.2 Å². The summed E-state index contributed by atoms with van der Waals surface area (Å²) in [7, 11) is 1.81. The number of thiazole rings is 1. The number of pyridine rings is 1. The first-order chi connectivity index (χ1) is 11.6. The van der Waals surface area contributed by atoms with Crippen LogP contribution >= 0.6 is 11.3 Å². The fraction of sp³-hybridized carbons (Fsp3) is 0.375. The van der Waals surface area contributed by atoms with Gasteiger partial charge in [-0.05, 0) is 25.1 Å². The van der Waals surface area contributed by atoms with Gasteiger partial charge in [0.1, 0.15) is 16.0 Å². The van der Waals surface area contributed by atoms with Gasteiger partial charge in [0, 0.05) is 39.4 Å². The van der Waals surface area contributed by atoms with Crippen LogP contribution in [0.5, 0.6) is 0 Å². The average molecular weight is 342 g/mol. The predicted octanol–water partition coefficient (Wildman–Crippen LogP) is 1.70. The fourth-order valence-electron chi connectivity index (χ4n) is 2.97. The molecule has 1 saturated heterocycles. The number of fused-ring (bicyclic) bond motifs is 1. The molecular formula is C16H18N6OS. The van der Waals surface area contributed by atoms with Gasteiger partial charge in [-0.1, -0.05) is 11.3 Å². The van der Waals surface area contributed by atoms with E-state index in [-0.39, 0.29) is 5.91 Å². The third-order valence-electron chi connectivity index (χ3n) is 4.21. The van der Waals surface area contributed by atoms with E-state index in [1.54, 1.807) is 22.2 Å². The molecule has 4 rings (SSSR count). The van der Waals surface area contributed by atoms with Crippen LogP contribution in [0.25, 0.3) is 10.3 Å². The van der Waals surface area contributed by atoms with E-state index in [4.69, 9.17) is 0 Å². The van der Waals surface area contributed by atoms with Gasteiger partial charge in [0.15, 0.2) is 5.13 Å². The number of hydrogen-bond acceptors (Lipinski definition) is 6. The minimum Gasteiger partial charge on any atom is -0.344 e. The fourth-order valence-corrected chi connectivity index (χ4v) is 3.93. The van der Waals surface area contributed by atoms with Crippen molar-refractivity contribution in [3.63, 3.8) is 0 Å². The lowest BCUT2D eigenvalue weighted by Crippen LogP contribution is -2.49. The molecule has 0 bridgehead atoms. The SMILES string of the molecule is Cc1cc(C(=O)N2CCN(c3nc4cccnc4s3)CC2)n(C)n1. The van der Waals surface area contributed by atoms with Crippen LogP contribution in [-0.2, 0) is 7.05 Å². The molecule has 0 aromatic carbocycles. The van der Waals surface area contributed by atoms with Crippen molar-refractivity contribution in [2.75, 3.05) is 31.1 Å². The van der Waals surface area contributed by atoms with E-state index in [1.807, 2.05) is 37.1 Å². The molecule has 1 fully saturated rings. The van der Waals surface area contributed by atoms with Crippen LogP contribution in [0, 0.1) is 6.92 Å². The first-order valence-corrected chi connectivity index (χ1v) is 8.70. The van der Waals surface area contributed by atoms with E-state index >= 15 is 0 Å². The molecule has 1 aliphatic heterocycles. The summed E-state index contributed by atoms with van der Waals surface area (Å²) in [6.07, 6.45) is 1.79. The van der Waals surface area contributed by atoms with E-state index < -0.39 is 0 Å². The van der Waals surface area contributed by atoms with Crippen molar-refractivity contribution in [2.24, 2.45) is 7.05 Å². The number of carbonyl (C=O) groups is 1. The summed E-state index contributed by atoms with van der Waals surface area (Å²) in [5.74, 6) is 0.0451. The lowest BCUT2D eigenvalue weighted by Gasteiger charge is -2.34. The third-order valence-corrected chi connectivity index (χ3v) is 5.25. The summed E-state index contributed by atoms with van der Waals surface area (Å²) >= 11 is 1.60. The van der Waals surface area contributed by atoms with Crippen LogP contribution in [0.3, 0.4) is 0 Å². The van der Waals surface area contributed by atoms with E-state index in [2.05, 4.69) is 20.0 Å². The van der Waals surface area contributed by atoms with E-state index in [9.17, 15) is 4.79 Å². The van der Waals surface area contributed by atoms with Crippen molar-refractivity contribution < 1.29 is 4.79 Å². The van der Waals surface area contributed by atoms with Gasteiger partial charge in [0.2, 0.25) is 0 Å². The monoisotopic (exact) mass is 342 g/mol. The number of aromatic nitrogens is 4. The van der Waals surface area contributed by atoms with Crippen molar-refractivity contribution in [3.8, 4) is 0 Å². The molecule has 4 heterocycles. The van der Waals surface area contributed by atoms with Crippen LogP contribution < -0.4 is 4.90 Å². The standard InChI is InChI=1S/C16H18N6OS/c1-11-10-13(20(2)19-11)15(23)21-6-8-22(9-7-21)16-18-12-4-3-5-17-14(12)24-16/h3-5,10H,6-9H2,1-2H3. The van der Waals surface area contributed by atoms with Crippen LogP contribution in [0.2, 0.25) is 0 Å². The van der Waals surface area contributed by atoms with E-state index in [0.717, 1.165) is 34.3 Å². The molecule has 1 aliphatic rings. The normalized spacial score (nSPS) is 15.2. The largest absolute Gasteiger partial charge is 0.344 e. The molecule has 8 heteroatoms. The van der Waals surface area contributed by atoms with Gasteiger partial charge in [0.05, 0.1) is 5.69 Å². The van der Waals surface area contributed by atoms with Crippen molar-refractivity contribution in [1.82, 2.24) is 24.6 Å². The molecular weight excluding hydrogens is 324 g/mol. The smallest absolute Gasteiger partial charge is 0.272 e. The quantitative estimate of drug-likeness (QED) is 0.709. The Morgan fingerprint density at radius 1 is 1.25 bits per heavy atom. The lowest BCUT2D eigenvalue weighted by molar-refractivity contribution is 0.0735. The zero-order chi connectivity index (χ0) is 16.7. The van der Waals surface area contributed by atoms with Gasteiger partial charge >= 0.3 is 0 Å². The highest BCUT2D eigenvalue weighted by atomic mass is 32.1. The van der Waals surface area contributed by atoms with Crippen molar-refractivity contribution in [2.45, 2.75) is 6.92 Å². The summed E-state index contributed by atoms with van der Waals surface area (Å²) in [5.41, 5.74) is 2.44.